The Kier molecular flexibility index (Phi) is 3.89. The van der Waals surface area contributed by atoms with E-state index in [9.17, 15) is 4.79 Å². The number of rotatable bonds is 3. The standard InChI is InChI=1S/C15H13BrClN3O/c1-18-14(8-2-4-11(17)10(16)6-8)9-3-5-12-13(7-9)20-15(21)19-12/h2-7,14,18H,1H3,(H2,19,20,21). The second-order valence-electron chi connectivity index (χ2n) is 4.78. The molecular weight excluding hydrogens is 354 g/mol. The lowest BCUT2D eigenvalue weighted by molar-refractivity contribution is 0.692. The van der Waals surface area contributed by atoms with Crippen LogP contribution in [-0.2, 0) is 0 Å². The number of hydrogen-bond acceptors (Lipinski definition) is 2. The third-order valence-corrected chi connectivity index (χ3v) is 4.65. The topological polar surface area (TPSA) is 60.7 Å². The van der Waals surface area contributed by atoms with E-state index in [0.717, 1.165) is 26.6 Å². The average Bonchev–Trinajstić information content (AvgIpc) is 2.83. The number of halogens is 2. The number of aromatic amines is 2. The van der Waals surface area contributed by atoms with E-state index < -0.39 is 0 Å². The lowest BCUT2D eigenvalue weighted by Gasteiger charge is -2.18. The quantitative estimate of drug-likeness (QED) is 0.663. The van der Waals surface area contributed by atoms with Crippen molar-refractivity contribution >= 4 is 38.6 Å². The van der Waals surface area contributed by atoms with Crippen LogP contribution >= 0.6 is 27.5 Å². The molecule has 1 heterocycles. The predicted octanol–water partition coefficient (Wildman–Crippen LogP) is 3.58. The summed E-state index contributed by atoms with van der Waals surface area (Å²) in [6.07, 6.45) is 0. The van der Waals surface area contributed by atoms with Crippen LogP contribution in [0.15, 0.2) is 45.7 Å². The van der Waals surface area contributed by atoms with Gasteiger partial charge < -0.3 is 15.3 Å². The van der Waals surface area contributed by atoms with Crippen molar-refractivity contribution in [2.24, 2.45) is 0 Å². The zero-order valence-corrected chi connectivity index (χ0v) is 13.5. The summed E-state index contributed by atoms with van der Waals surface area (Å²) in [5.74, 6) is 0. The summed E-state index contributed by atoms with van der Waals surface area (Å²) in [6, 6.07) is 11.7. The predicted molar refractivity (Wildman–Crippen MR) is 89.0 cm³/mol. The summed E-state index contributed by atoms with van der Waals surface area (Å²) < 4.78 is 0.859. The Bertz CT molecular complexity index is 855. The summed E-state index contributed by atoms with van der Waals surface area (Å²) >= 11 is 9.49. The van der Waals surface area contributed by atoms with Crippen LogP contribution in [0.1, 0.15) is 17.2 Å². The number of aromatic nitrogens is 2. The van der Waals surface area contributed by atoms with Gasteiger partial charge in [0.05, 0.1) is 22.1 Å². The van der Waals surface area contributed by atoms with E-state index in [1.165, 1.54) is 0 Å². The van der Waals surface area contributed by atoms with E-state index in [4.69, 9.17) is 11.6 Å². The first-order chi connectivity index (χ1) is 10.1. The second-order valence-corrected chi connectivity index (χ2v) is 6.04. The van der Waals surface area contributed by atoms with Crippen LogP contribution in [0.5, 0.6) is 0 Å². The van der Waals surface area contributed by atoms with E-state index in [1.54, 1.807) is 0 Å². The molecule has 0 aliphatic heterocycles. The molecule has 0 bridgehead atoms. The molecular formula is C15H13BrClN3O. The van der Waals surface area contributed by atoms with Gasteiger partial charge in [-0.1, -0.05) is 23.7 Å². The zero-order chi connectivity index (χ0) is 15.0. The molecule has 0 fully saturated rings. The highest BCUT2D eigenvalue weighted by molar-refractivity contribution is 9.10. The Balaban J connectivity index is 2.08. The second kappa shape index (κ2) is 5.67. The van der Waals surface area contributed by atoms with Crippen LogP contribution in [0.3, 0.4) is 0 Å². The summed E-state index contributed by atoms with van der Waals surface area (Å²) in [4.78, 5) is 16.9. The van der Waals surface area contributed by atoms with Gasteiger partial charge in [0, 0.05) is 4.47 Å². The molecule has 6 heteroatoms. The van der Waals surface area contributed by atoms with E-state index >= 15 is 0 Å². The molecule has 0 amide bonds. The third kappa shape index (κ3) is 2.77. The van der Waals surface area contributed by atoms with E-state index in [0.29, 0.717) is 5.02 Å². The molecule has 0 radical (unpaired) electrons. The van der Waals surface area contributed by atoms with Crippen molar-refractivity contribution in [1.29, 1.82) is 0 Å². The fourth-order valence-electron chi connectivity index (χ4n) is 2.45. The Morgan fingerprint density at radius 1 is 1.10 bits per heavy atom. The largest absolute Gasteiger partial charge is 0.323 e. The number of hydrogen-bond donors (Lipinski definition) is 3. The van der Waals surface area contributed by atoms with Crippen LogP contribution in [0.25, 0.3) is 11.0 Å². The van der Waals surface area contributed by atoms with Crippen LogP contribution < -0.4 is 11.0 Å². The molecule has 3 N–H and O–H groups in total. The Hall–Kier alpha value is -1.56. The number of H-pyrrole nitrogens is 2. The third-order valence-electron chi connectivity index (χ3n) is 3.44. The molecule has 1 unspecified atom stereocenters. The summed E-state index contributed by atoms with van der Waals surface area (Å²) in [7, 11) is 1.90. The molecule has 0 spiro atoms. The molecule has 0 saturated heterocycles. The van der Waals surface area contributed by atoms with Gasteiger partial charge in [-0.2, -0.15) is 0 Å². The minimum atomic E-state index is -0.197. The van der Waals surface area contributed by atoms with Crippen LogP contribution in [0.4, 0.5) is 0 Å². The Labute approximate surface area is 134 Å². The summed E-state index contributed by atoms with van der Waals surface area (Å²) in [5, 5.41) is 3.97. The molecule has 0 aliphatic rings. The van der Waals surface area contributed by atoms with Gasteiger partial charge in [-0.25, -0.2) is 4.79 Å². The van der Waals surface area contributed by atoms with Crippen molar-refractivity contribution in [3.63, 3.8) is 0 Å². The highest BCUT2D eigenvalue weighted by atomic mass is 79.9. The van der Waals surface area contributed by atoms with Crippen molar-refractivity contribution in [2.45, 2.75) is 6.04 Å². The maximum absolute atomic E-state index is 11.3. The molecule has 0 aliphatic carbocycles. The highest BCUT2D eigenvalue weighted by Gasteiger charge is 2.14. The molecule has 3 rings (SSSR count). The van der Waals surface area contributed by atoms with Crippen molar-refractivity contribution < 1.29 is 0 Å². The van der Waals surface area contributed by atoms with Gasteiger partial charge in [0.15, 0.2) is 0 Å². The van der Waals surface area contributed by atoms with Gasteiger partial charge in [0.1, 0.15) is 0 Å². The lowest BCUT2D eigenvalue weighted by atomic mass is 9.98. The van der Waals surface area contributed by atoms with E-state index in [-0.39, 0.29) is 11.7 Å². The maximum Gasteiger partial charge on any atom is 0.323 e. The molecule has 4 nitrogen and oxygen atoms in total. The fourth-order valence-corrected chi connectivity index (χ4v) is 2.96. The van der Waals surface area contributed by atoms with Gasteiger partial charge in [-0.3, -0.25) is 0 Å². The molecule has 108 valence electrons. The number of benzene rings is 2. The molecule has 0 saturated carbocycles. The van der Waals surface area contributed by atoms with Crippen molar-refractivity contribution in [3.05, 3.63) is 67.5 Å². The summed E-state index contributed by atoms with van der Waals surface area (Å²) in [5.41, 5.74) is 3.56. The molecule has 21 heavy (non-hydrogen) atoms. The molecule has 1 atom stereocenters. The first-order valence-electron chi connectivity index (χ1n) is 6.42. The first kappa shape index (κ1) is 14.4. The normalized spacial score (nSPS) is 12.7. The van der Waals surface area contributed by atoms with Crippen molar-refractivity contribution in [1.82, 2.24) is 15.3 Å². The minimum Gasteiger partial charge on any atom is -0.309 e. The number of nitrogens with one attached hydrogen (secondary N) is 3. The zero-order valence-electron chi connectivity index (χ0n) is 11.2. The van der Waals surface area contributed by atoms with Gasteiger partial charge in [-0.15, -0.1) is 0 Å². The Morgan fingerprint density at radius 2 is 1.76 bits per heavy atom. The lowest BCUT2D eigenvalue weighted by Crippen LogP contribution is -2.17. The van der Waals surface area contributed by atoms with Gasteiger partial charge >= 0.3 is 5.69 Å². The smallest absolute Gasteiger partial charge is 0.309 e. The van der Waals surface area contributed by atoms with Gasteiger partial charge in [0.25, 0.3) is 0 Å². The number of fused-ring (bicyclic) bond motifs is 1. The van der Waals surface area contributed by atoms with Crippen LogP contribution in [-0.4, -0.2) is 17.0 Å². The Morgan fingerprint density at radius 3 is 2.48 bits per heavy atom. The SMILES string of the molecule is CNC(c1ccc(Cl)c(Br)c1)c1ccc2[nH]c(=O)[nH]c2c1. The van der Waals surface area contributed by atoms with E-state index in [2.05, 4.69) is 31.2 Å². The van der Waals surface area contributed by atoms with Gasteiger partial charge in [0.2, 0.25) is 0 Å². The fraction of sp³-hybridized carbons (Fsp3) is 0.133. The average molecular weight is 367 g/mol. The monoisotopic (exact) mass is 365 g/mol. The minimum absolute atomic E-state index is 0.0152. The molecule has 2 aromatic carbocycles. The van der Waals surface area contributed by atoms with E-state index in [1.807, 2.05) is 43.4 Å². The van der Waals surface area contributed by atoms with Crippen LogP contribution in [0.2, 0.25) is 5.02 Å². The number of imidazole rings is 1. The highest BCUT2D eigenvalue weighted by Crippen LogP contribution is 2.29. The first-order valence-corrected chi connectivity index (χ1v) is 7.60. The molecule has 3 aromatic rings. The summed E-state index contributed by atoms with van der Waals surface area (Å²) in [6.45, 7) is 0. The van der Waals surface area contributed by atoms with Crippen molar-refractivity contribution in [3.8, 4) is 0 Å². The maximum atomic E-state index is 11.3. The van der Waals surface area contributed by atoms with Crippen molar-refractivity contribution in [2.75, 3.05) is 7.05 Å². The van der Waals surface area contributed by atoms with Gasteiger partial charge in [-0.05, 0) is 58.4 Å². The van der Waals surface area contributed by atoms with Crippen LogP contribution in [0, 0.1) is 0 Å². The molecule has 1 aromatic heterocycles.